The highest BCUT2D eigenvalue weighted by Gasteiger charge is 2.44. The van der Waals surface area contributed by atoms with Crippen LogP contribution in [0.25, 0.3) is 0 Å². The predicted molar refractivity (Wildman–Crippen MR) is 76.5 cm³/mol. The molecule has 1 amide bonds. The normalized spacial score (nSPS) is 29.6. The lowest BCUT2D eigenvalue weighted by molar-refractivity contribution is 0.0728. The van der Waals surface area contributed by atoms with Crippen LogP contribution in [0.4, 0.5) is 0 Å². The summed E-state index contributed by atoms with van der Waals surface area (Å²) in [7, 11) is 0. The topological polar surface area (TPSA) is 32.3 Å². The molecule has 0 aromatic heterocycles. The molecule has 2 fully saturated rings. The Kier molecular flexibility index (Phi) is 3.27. The van der Waals surface area contributed by atoms with Crippen molar-refractivity contribution in [3.05, 3.63) is 34.3 Å². The zero-order chi connectivity index (χ0) is 13.6. The fourth-order valence-corrected chi connectivity index (χ4v) is 3.61. The smallest absolute Gasteiger partial charge is 0.255 e. The van der Waals surface area contributed by atoms with Crippen LogP contribution in [0, 0.1) is 18.8 Å². The molecule has 4 heteroatoms. The molecule has 102 valence electrons. The lowest BCUT2D eigenvalue weighted by atomic mass is 9.95. The lowest BCUT2D eigenvalue weighted by Gasteiger charge is -2.25. The first-order valence-corrected chi connectivity index (χ1v) is 7.24. The SMILES string of the molecule is Cc1cccc(C(=O)N2CC3CNCC3C2C)c1Cl. The Morgan fingerprint density at radius 2 is 2.21 bits per heavy atom. The van der Waals surface area contributed by atoms with Crippen molar-refractivity contribution in [2.75, 3.05) is 19.6 Å². The molecule has 3 unspecified atom stereocenters. The van der Waals surface area contributed by atoms with Gasteiger partial charge in [0.15, 0.2) is 0 Å². The van der Waals surface area contributed by atoms with Gasteiger partial charge in [0, 0.05) is 25.7 Å². The number of likely N-dealkylation sites (tertiary alicyclic amines) is 1. The predicted octanol–water partition coefficient (Wildman–Crippen LogP) is 2.33. The van der Waals surface area contributed by atoms with Gasteiger partial charge in [0.2, 0.25) is 0 Å². The summed E-state index contributed by atoms with van der Waals surface area (Å²) in [5.41, 5.74) is 1.60. The quantitative estimate of drug-likeness (QED) is 0.855. The van der Waals surface area contributed by atoms with E-state index < -0.39 is 0 Å². The van der Waals surface area contributed by atoms with E-state index in [1.165, 1.54) is 0 Å². The molecule has 0 radical (unpaired) electrons. The second-order valence-electron chi connectivity index (χ2n) is 5.72. The van der Waals surface area contributed by atoms with Crippen molar-refractivity contribution in [3.8, 4) is 0 Å². The molecule has 0 saturated carbocycles. The van der Waals surface area contributed by atoms with Crippen LogP contribution in [0.2, 0.25) is 5.02 Å². The van der Waals surface area contributed by atoms with Gasteiger partial charge in [-0.3, -0.25) is 4.79 Å². The molecular weight excluding hydrogens is 260 g/mol. The van der Waals surface area contributed by atoms with Crippen molar-refractivity contribution >= 4 is 17.5 Å². The second-order valence-corrected chi connectivity index (χ2v) is 6.09. The van der Waals surface area contributed by atoms with Gasteiger partial charge in [0.25, 0.3) is 5.91 Å². The van der Waals surface area contributed by atoms with E-state index in [2.05, 4.69) is 12.2 Å². The van der Waals surface area contributed by atoms with Gasteiger partial charge in [-0.05, 0) is 37.3 Å². The molecule has 2 heterocycles. The van der Waals surface area contributed by atoms with Crippen LogP contribution >= 0.6 is 11.6 Å². The Bertz CT molecular complexity index is 517. The zero-order valence-corrected chi connectivity index (χ0v) is 12.1. The van der Waals surface area contributed by atoms with Crippen molar-refractivity contribution in [1.29, 1.82) is 0 Å². The van der Waals surface area contributed by atoms with E-state index in [1.54, 1.807) is 0 Å². The molecule has 1 N–H and O–H groups in total. The van der Waals surface area contributed by atoms with Gasteiger partial charge < -0.3 is 10.2 Å². The van der Waals surface area contributed by atoms with E-state index in [0.29, 0.717) is 28.5 Å². The minimum absolute atomic E-state index is 0.0793. The van der Waals surface area contributed by atoms with Crippen molar-refractivity contribution in [2.45, 2.75) is 19.9 Å². The number of carbonyl (C=O) groups excluding carboxylic acids is 1. The van der Waals surface area contributed by atoms with Crippen LogP contribution in [-0.4, -0.2) is 36.5 Å². The number of aryl methyl sites for hydroxylation is 1. The molecule has 1 aromatic rings. The van der Waals surface area contributed by atoms with Crippen LogP contribution in [-0.2, 0) is 0 Å². The number of benzene rings is 1. The maximum atomic E-state index is 12.7. The number of hydrogen-bond donors (Lipinski definition) is 1. The molecule has 19 heavy (non-hydrogen) atoms. The lowest BCUT2D eigenvalue weighted by Crippen LogP contribution is -2.38. The Morgan fingerprint density at radius 3 is 2.95 bits per heavy atom. The summed E-state index contributed by atoms with van der Waals surface area (Å²) in [4.78, 5) is 14.7. The molecule has 0 bridgehead atoms. The summed E-state index contributed by atoms with van der Waals surface area (Å²) in [5, 5.41) is 4.00. The largest absolute Gasteiger partial charge is 0.335 e. The first-order chi connectivity index (χ1) is 9.09. The molecule has 0 aliphatic carbocycles. The van der Waals surface area contributed by atoms with Crippen molar-refractivity contribution in [1.82, 2.24) is 10.2 Å². The highest BCUT2D eigenvalue weighted by molar-refractivity contribution is 6.34. The summed E-state index contributed by atoms with van der Waals surface area (Å²) in [6, 6.07) is 5.96. The molecule has 3 rings (SSSR count). The molecule has 3 nitrogen and oxygen atoms in total. The number of fused-ring (bicyclic) bond motifs is 1. The van der Waals surface area contributed by atoms with E-state index >= 15 is 0 Å². The number of amides is 1. The molecular formula is C15H19ClN2O. The van der Waals surface area contributed by atoms with E-state index in [1.807, 2.05) is 30.0 Å². The average molecular weight is 279 g/mol. The monoisotopic (exact) mass is 278 g/mol. The molecule has 3 atom stereocenters. The summed E-state index contributed by atoms with van der Waals surface area (Å²) < 4.78 is 0. The maximum Gasteiger partial charge on any atom is 0.255 e. The van der Waals surface area contributed by atoms with Gasteiger partial charge in [0.05, 0.1) is 10.6 Å². The third-order valence-electron chi connectivity index (χ3n) is 4.62. The Morgan fingerprint density at radius 1 is 1.42 bits per heavy atom. The standard InChI is InChI=1S/C15H19ClN2O/c1-9-4-3-5-12(14(9)16)15(19)18-8-11-6-17-7-13(11)10(18)2/h3-5,10-11,13,17H,6-8H2,1-2H3. The van der Waals surface area contributed by atoms with Crippen LogP contribution in [0.1, 0.15) is 22.8 Å². The van der Waals surface area contributed by atoms with Crippen molar-refractivity contribution in [2.24, 2.45) is 11.8 Å². The Balaban J connectivity index is 1.87. The molecule has 2 aliphatic rings. The van der Waals surface area contributed by atoms with Crippen LogP contribution in [0.15, 0.2) is 18.2 Å². The first-order valence-electron chi connectivity index (χ1n) is 6.86. The third kappa shape index (κ3) is 2.05. The Labute approximate surface area is 118 Å². The number of nitrogens with one attached hydrogen (secondary N) is 1. The van der Waals surface area contributed by atoms with Crippen molar-refractivity contribution < 1.29 is 4.79 Å². The summed E-state index contributed by atoms with van der Waals surface area (Å²) in [5.74, 6) is 1.27. The average Bonchev–Trinajstić information content (AvgIpc) is 2.96. The van der Waals surface area contributed by atoms with Crippen LogP contribution in [0.3, 0.4) is 0 Å². The molecule has 1 aromatic carbocycles. The number of hydrogen-bond acceptors (Lipinski definition) is 2. The number of nitrogens with zero attached hydrogens (tertiary/aromatic N) is 1. The van der Waals surface area contributed by atoms with Gasteiger partial charge in [0.1, 0.15) is 0 Å². The van der Waals surface area contributed by atoms with Crippen LogP contribution < -0.4 is 5.32 Å². The third-order valence-corrected chi connectivity index (χ3v) is 5.12. The van der Waals surface area contributed by atoms with Gasteiger partial charge in [-0.1, -0.05) is 23.7 Å². The zero-order valence-electron chi connectivity index (χ0n) is 11.3. The maximum absolute atomic E-state index is 12.7. The fraction of sp³-hybridized carbons (Fsp3) is 0.533. The summed E-state index contributed by atoms with van der Waals surface area (Å²) in [6.45, 7) is 6.99. The Hall–Kier alpha value is -1.06. The second kappa shape index (κ2) is 4.80. The highest BCUT2D eigenvalue weighted by Crippen LogP contribution is 2.34. The van der Waals surface area contributed by atoms with Gasteiger partial charge in [-0.2, -0.15) is 0 Å². The minimum atomic E-state index is 0.0793. The number of rotatable bonds is 1. The molecule has 0 spiro atoms. The highest BCUT2D eigenvalue weighted by atomic mass is 35.5. The number of carbonyl (C=O) groups is 1. The summed E-state index contributed by atoms with van der Waals surface area (Å²) in [6.07, 6.45) is 0. The van der Waals surface area contributed by atoms with E-state index in [4.69, 9.17) is 11.6 Å². The molecule has 2 aliphatic heterocycles. The van der Waals surface area contributed by atoms with Gasteiger partial charge in [-0.15, -0.1) is 0 Å². The fourth-order valence-electron chi connectivity index (χ4n) is 3.40. The van der Waals surface area contributed by atoms with Crippen LogP contribution in [0.5, 0.6) is 0 Å². The molecule has 2 saturated heterocycles. The van der Waals surface area contributed by atoms with Gasteiger partial charge >= 0.3 is 0 Å². The number of halogens is 1. The summed E-state index contributed by atoms with van der Waals surface area (Å²) >= 11 is 6.28. The minimum Gasteiger partial charge on any atom is -0.335 e. The van der Waals surface area contributed by atoms with E-state index in [-0.39, 0.29) is 5.91 Å². The van der Waals surface area contributed by atoms with Crippen molar-refractivity contribution in [3.63, 3.8) is 0 Å². The first kappa shape index (κ1) is 12.9. The van der Waals surface area contributed by atoms with Gasteiger partial charge in [-0.25, -0.2) is 0 Å². The van der Waals surface area contributed by atoms with E-state index in [9.17, 15) is 4.79 Å². The van der Waals surface area contributed by atoms with E-state index in [0.717, 1.165) is 25.2 Å².